The molecule has 1 N–H and O–H groups in total. The summed E-state index contributed by atoms with van der Waals surface area (Å²) in [4.78, 5) is 12.4. The molecule has 0 bridgehead atoms. The summed E-state index contributed by atoms with van der Waals surface area (Å²) in [5.41, 5.74) is 1.48. The van der Waals surface area contributed by atoms with Crippen LogP contribution in [-0.2, 0) is 24.9 Å². The minimum Gasteiger partial charge on any atom is -0.461 e. The Morgan fingerprint density at radius 3 is 1.93 bits per heavy atom. The van der Waals surface area contributed by atoms with Gasteiger partial charge in [0.15, 0.2) is 8.32 Å². The van der Waals surface area contributed by atoms with E-state index in [-0.39, 0.29) is 18.6 Å². The molecule has 0 radical (unpaired) electrons. The van der Waals surface area contributed by atoms with Gasteiger partial charge in [0, 0.05) is 12.6 Å². The van der Waals surface area contributed by atoms with Crippen LogP contribution >= 0.6 is 0 Å². The second-order valence-corrected chi connectivity index (χ2v) is 17.2. The van der Waals surface area contributed by atoms with E-state index >= 15 is 0 Å². The molecule has 5 nitrogen and oxygen atoms in total. The lowest BCUT2D eigenvalue weighted by Gasteiger charge is -2.42. The molecule has 2 unspecified atom stereocenters. The van der Waals surface area contributed by atoms with Crippen molar-refractivity contribution in [3.8, 4) is 0 Å². The first kappa shape index (κ1) is 28.5. The molecule has 0 amide bonds. The first-order valence-electron chi connectivity index (χ1n) is 10.8. The monoisotopic (exact) mass is 447 g/mol. The van der Waals surface area contributed by atoms with Crippen LogP contribution in [0.15, 0.2) is 12.7 Å². The number of nitrogens with one attached hydrogen (secondary N) is 1. The number of ether oxygens (including phenoxy) is 1. The Morgan fingerprint density at radius 1 is 1.07 bits per heavy atom. The third-order valence-corrected chi connectivity index (χ3v) is 13.4. The Bertz CT molecular complexity index is 522. The highest BCUT2D eigenvalue weighted by molar-refractivity contribution is 7.84. The van der Waals surface area contributed by atoms with Gasteiger partial charge in [-0.2, -0.15) is 0 Å². The predicted octanol–water partition coefficient (Wildman–Crippen LogP) is 5.35. The largest absolute Gasteiger partial charge is 0.461 e. The fraction of sp³-hybridized carbons (Fsp3) is 0.864. The van der Waals surface area contributed by atoms with E-state index in [1.807, 2.05) is 27.7 Å². The summed E-state index contributed by atoms with van der Waals surface area (Å²) in [5.74, 6) is -0.744. The number of hydrogen-bond acceptors (Lipinski definition) is 4. The standard InChI is InChI=1S/C22H45NO4SSi/c1-12-14-26-21(24)19(8)20(23-28(25)22(9,10)11)13-15-27-29(16(2)3,17(4)5)18(6)7/h12,16-20,23H,1,13-15H2,2-11H3/t19?,20?,28-/m1/s1. The Hall–Kier alpha value is -0.503. The molecule has 172 valence electrons. The second-order valence-electron chi connectivity index (χ2n) is 9.77. The van der Waals surface area contributed by atoms with Crippen LogP contribution < -0.4 is 4.72 Å². The molecule has 0 aliphatic carbocycles. The van der Waals surface area contributed by atoms with E-state index in [0.29, 0.717) is 29.7 Å². The molecular formula is C22H45NO4SSi. The fourth-order valence-electron chi connectivity index (χ4n) is 4.02. The number of hydrogen-bond donors (Lipinski definition) is 1. The van der Waals surface area contributed by atoms with Crippen molar-refractivity contribution in [2.75, 3.05) is 13.2 Å². The van der Waals surface area contributed by atoms with Crippen LogP contribution in [-0.4, -0.2) is 42.5 Å². The highest BCUT2D eigenvalue weighted by atomic mass is 32.2. The van der Waals surface area contributed by atoms with Gasteiger partial charge in [-0.1, -0.05) is 61.1 Å². The minimum atomic E-state index is -1.99. The number of carbonyl (C=O) groups is 1. The first-order chi connectivity index (χ1) is 13.2. The maximum atomic E-state index is 12.7. The van der Waals surface area contributed by atoms with E-state index < -0.39 is 30.0 Å². The molecule has 0 aromatic heterocycles. The van der Waals surface area contributed by atoms with E-state index in [9.17, 15) is 9.00 Å². The third-order valence-electron chi connectivity index (χ3n) is 5.62. The lowest BCUT2D eigenvalue weighted by Crippen LogP contribution is -2.50. The molecule has 0 aromatic carbocycles. The van der Waals surface area contributed by atoms with Gasteiger partial charge in [-0.25, -0.2) is 8.93 Å². The van der Waals surface area contributed by atoms with Crippen LogP contribution in [0.2, 0.25) is 16.6 Å². The maximum absolute atomic E-state index is 12.7. The molecule has 3 atom stereocenters. The van der Waals surface area contributed by atoms with Gasteiger partial charge in [0.25, 0.3) is 0 Å². The zero-order valence-corrected chi connectivity index (χ0v) is 22.2. The SMILES string of the molecule is C=CCOC(=O)C(C)C(CCO[Si](C(C)C)(C(C)C)C(C)C)N[S@](=O)C(C)(C)C. The molecule has 0 aliphatic rings. The lowest BCUT2D eigenvalue weighted by molar-refractivity contribution is -0.147. The van der Waals surface area contributed by atoms with Crippen molar-refractivity contribution < 1.29 is 18.2 Å². The number of rotatable bonds is 13. The van der Waals surface area contributed by atoms with Crippen molar-refractivity contribution >= 4 is 25.3 Å². The fourth-order valence-corrected chi connectivity index (χ4v) is 10.4. The zero-order chi connectivity index (χ0) is 23.0. The van der Waals surface area contributed by atoms with Crippen LogP contribution in [0.4, 0.5) is 0 Å². The Kier molecular flexibility index (Phi) is 12.2. The van der Waals surface area contributed by atoms with Crippen molar-refractivity contribution in [3.63, 3.8) is 0 Å². The Labute approximate surface area is 183 Å². The summed E-state index contributed by atoms with van der Waals surface area (Å²) in [7, 11) is -3.27. The molecule has 7 heteroatoms. The third kappa shape index (κ3) is 8.27. The highest BCUT2D eigenvalue weighted by Crippen LogP contribution is 2.42. The molecule has 0 fully saturated rings. The lowest BCUT2D eigenvalue weighted by atomic mass is 10.0. The predicted molar refractivity (Wildman–Crippen MR) is 127 cm³/mol. The summed E-state index contributed by atoms with van der Waals surface area (Å²) in [6.45, 7) is 25.4. The van der Waals surface area contributed by atoms with Gasteiger partial charge in [0.2, 0.25) is 0 Å². The minimum absolute atomic E-state index is 0.179. The van der Waals surface area contributed by atoms with Gasteiger partial charge in [-0.05, 0) is 43.8 Å². The molecule has 0 spiro atoms. The summed E-state index contributed by atoms with van der Waals surface area (Å²) >= 11 is 0. The topological polar surface area (TPSA) is 64.6 Å². The average molecular weight is 448 g/mol. The number of carbonyl (C=O) groups excluding carboxylic acids is 1. The van der Waals surface area contributed by atoms with Gasteiger partial charge >= 0.3 is 5.97 Å². The normalized spacial score (nSPS) is 16.2. The van der Waals surface area contributed by atoms with Gasteiger partial charge in [-0.15, -0.1) is 0 Å². The summed E-state index contributed by atoms with van der Waals surface area (Å²) < 4.78 is 27.3. The van der Waals surface area contributed by atoms with E-state index in [2.05, 4.69) is 52.8 Å². The molecule has 0 aromatic rings. The van der Waals surface area contributed by atoms with Gasteiger partial charge in [0.1, 0.15) is 6.61 Å². The molecule has 29 heavy (non-hydrogen) atoms. The van der Waals surface area contributed by atoms with Crippen molar-refractivity contribution in [3.05, 3.63) is 12.7 Å². The van der Waals surface area contributed by atoms with Crippen LogP contribution in [0.5, 0.6) is 0 Å². The molecule has 0 heterocycles. The molecule has 0 rings (SSSR count). The highest BCUT2D eigenvalue weighted by Gasteiger charge is 2.45. The zero-order valence-electron chi connectivity index (χ0n) is 20.3. The molecule has 0 aliphatic heterocycles. The quantitative estimate of drug-likeness (QED) is 0.235. The van der Waals surface area contributed by atoms with Crippen molar-refractivity contribution in [2.45, 2.75) is 103 Å². The van der Waals surface area contributed by atoms with Crippen molar-refractivity contribution in [2.24, 2.45) is 5.92 Å². The summed E-state index contributed by atoms with van der Waals surface area (Å²) in [6.07, 6.45) is 2.16. The summed E-state index contributed by atoms with van der Waals surface area (Å²) in [5, 5.41) is 0. The Morgan fingerprint density at radius 2 is 1.55 bits per heavy atom. The Balaban J connectivity index is 5.41. The van der Waals surface area contributed by atoms with Gasteiger partial charge < -0.3 is 9.16 Å². The number of esters is 1. The molecule has 0 saturated heterocycles. The van der Waals surface area contributed by atoms with Gasteiger partial charge in [-0.3, -0.25) is 4.79 Å². The van der Waals surface area contributed by atoms with Crippen molar-refractivity contribution in [1.29, 1.82) is 0 Å². The van der Waals surface area contributed by atoms with E-state index in [4.69, 9.17) is 9.16 Å². The van der Waals surface area contributed by atoms with Crippen LogP contribution in [0.1, 0.15) is 75.7 Å². The second kappa shape index (κ2) is 12.4. The van der Waals surface area contributed by atoms with Crippen LogP contribution in [0.3, 0.4) is 0 Å². The van der Waals surface area contributed by atoms with E-state index in [1.165, 1.54) is 0 Å². The van der Waals surface area contributed by atoms with Gasteiger partial charge in [0.05, 0.1) is 21.7 Å². The maximum Gasteiger partial charge on any atom is 0.310 e. The smallest absolute Gasteiger partial charge is 0.310 e. The van der Waals surface area contributed by atoms with Crippen LogP contribution in [0, 0.1) is 5.92 Å². The van der Waals surface area contributed by atoms with Crippen LogP contribution in [0.25, 0.3) is 0 Å². The first-order valence-corrected chi connectivity index (χ1v) is 14.1. The molecule has 0 saturated carbocycles. The van der Waals surface area contributed by atoms with E-state index in [1.54, 1.807) is 6.08 Å². The molecular weight excluding hydrogens is 402 g/mol. The van der Waals surface area contributed by atoms with Crippen molar-refractivity contribution in [1.82, 2.24) is 4.72 Å². The average Bonchev–Trinajstić information content (AvgIpc) is 2.59. The summed E-state index contributed by atoms with van der Waals surface area (Å²) in [6, 6.07) is -0.287. The van der Waals surface area contributed by atoms with E-state index in [0.717, 1.165) is 0 Å².